The number of aryl methyl sites for hydroxylation is 1. The van der Waals surface area contributed by atoms with Gasteiger partial charge in [-0.2, -0.15) is 4.80 Å². The Hall–Kier alpha value is -2.83. The van der Waals surface area contributed by atoms with E-state index < -0.39 is 0 Å². The number of ketones is 1. The number of rotatable bonds is 6. The Kier molecular flexibility index (Phi) is 4.74. The van der Waals surface area contributed by atoms with Gasteiger partial charge in [-0.1, -0.05) is 19.1 Å². The van der Waals surface area contributed by atoms with Crippen LogP contribution in [0.2, 0.25) is 0 Å². The Balaban J connectivity index is 1.79. The first-order valence-electron chi connectivity index (χ1n) is 8.23. The van der Waals surface area contributed by atoms with Crippen LogP contribution in [0, 0.1) is 19.7 Å². The molecule has 3 aromatic rings. The van der Waals surface area contributed by atoms with E-state index in [1.807, 2.05) is 19.9 Å². The molecule has 0 bridgehead atoms. The van der Waals surface area contributed by atoms with Gasteiger partial charge in [-0.15, -0.1) is 10.2 Å². The number of aromatic nitrogens is 5. The van der Waals surface area contributed by atoms with E-state index in [2.05, 4.69) is 26.9 Å². The topological polar surface area (TPSA) is 65.6 Å². The average Bonchev–Trinajstić information content (AvgIpc) is 3.15. The number of Topliss-reactive ketones (excluding diaryl/α,β-unsaturated/α-hetero) is 1. The molecule has 2 heterocycles. The smallest absolute Gasteiger partial charge is 0.205 e. The van der Waals surface area contributed by atoms with Crippen molar-refractivity contribution in [3.63, 3.8) is 0 Å². The van der Waals surface area contributed by atoms with Gasteiger partial charge in [-0.25, -0.2) is 4.39 Å². The van der Waals surface area contributed by atoms with Gasteiger partial charge >= 0.3 is 0 Å². The van der Waals surface area contributed by atoms with Gasteiger partial charge in [0.1, 0.15) is 12.4 Å². The zero-order valence-corrected chi connectivity index (χ0v) is 14.5. The number of benzene rings is 1. The third kappa shape index (κ3) is 3.50. The molecule has 2 aromatic heterocycles. The SMILES string of the molecule is CCCn1c(C)cc(C(=O)Cn2nnc(-c3cccc(F)c3)n2)c1C. The summed E-state index contributed by atoms with van der Waals surface area (Å²) in [7, 11) is 0. The Morgan fingerprint density at radius 1 is 1.24 bits per heavy atom. The summed E-state index contributed by atoms with van der Waals surface area (Å²) in [6.07, 6.45) is 1.01. The van der Waals surface area contributed by atoms with E-state index in [1.54, 1.807) is 12.1 Å². The molecule has 0 radical (unpaired) electrons. The first kappa shape index (κ1) is 17.0. The van der Waals surface area contributed by atoms with Crippen LogP contribution < -0.4 is 0 Å². The molecule has 7 heteroatoms. The maximum absolute atomic E-state index is 13.3. The van der Waals surface area contributed by atoms with Crippen LogP contribution in [0.1, 0.15) is 35.1 Å². The molecular weight excluding hydrogens is 321 g/mol. The summed E-state index contributed by atoms with van der Waals surface area (Å²) < 4.78 is 15.4. The molecule has 0 aliphatic heterocycles. The maximum Gasteiger partial charge on any atom is 0.205 e. The molecule has 25 heavy (non-hydrogen) atoms. The van der Waals surface area contributed by atoms with Gasteiger partial charge in [0.05, 0.1) is 0 Å². The van der Waals surface area contributed by atoms with Crippen LogP contribution in [0.5, 0.6) is 0 Å². The summed E-state index contributed by atoms with van der Waals surface area (Å²) in [4.78, 5) is 13.8. The van der Waals surface area contributed by atoms with Crippen molar-refractivity contribution in [3.8, 4) is 11.4 Å². The van der Waals surface area contributed by atoms with Crippen molar-refractivity contribution in [2.75, 3.05) is 0 Å². The van der Waals surface area contributed by atoms with E-state index in [1.165, 1.54) is 16.9 Å². The van der Waals surface area contributed by atoms with Crippen LogP contribution >= 0.6 is 0 Å². The van der Waals surface area contributed by atoms with Gasteiger partial charge in [0.15, 0.2) is 5.78 Å². The minimum absolute atomic E-state index is 0.00126. The molecule has 0 saturated carbocycles. The van der Waals surface area contributed by atoms with Crippen LogP contribution in [0.4, 0.5) is 4.39 Å². The normalized spacial score (nSPS) is 11.0. The Morgan fingerprint density at radius 2 is 2.04 bits per heavy atom. The number of hydrogen-bond acceptors (Lipinski definition) is 4. The van der Waals surface area contributed by atoms with Crippen LogP contribution in [-0.2, 0) is 13.1 Å². The number of carbonyl (C=O) groups is 1. The van der Waals surface area contributed by atoms with Gasteiger partial charge in [-0.05, 0) is 43.7 Å². The molecule has 3 rings (SSSR count). The predicted octanol–water partition coefficient (Wildman–Crippen LogP) is 3.19. The molecule has 0 atom stereocenters. The highest BCUT2D eigenvalue weighted by Crippen LogP contribution is 2.18. The minimum atomic E-state index is -0.367. The Bertz CT molecular complexity index is 912. The Morgan fingerprint density at radius 3 is 2.76 bits per heavy atom. The molecule has 130 valence electrons. The first-order valence-corrected chi connectivity index (χ1v) is 8.23. The number of hydrogen-bond donors (Lipinski definition) is 0. The molecule has 6 nitrogen and oxygen atoms in total. The third-order valence-electron chi connectivity index (χ3n) is 4.14. The predicted molar refractivity (Wildman–Crippen MR) is 91.7 cm³/mol. The first-order chi connectivity index (χ1) is 12.0. The van der Waals surface area contributed by atoms with Crippen molar-refractivity contribution in [3.05, 3.63) is 53.1 Å². The molecule has 0 aliphatic carbocycles. The quantitative estimate of drug-likeness (QED) is 0.646. The second-order valence-corrected chi connectivity index (χ2v) is 6.01. The minimum Gasteiger partial charge on any atom is -0.348 e. The summed E-state index contributed by atoms with van der Waals surface area (Å²) >= 11 is 0. The van der Waals surface area contributed by atoms with Crippen molar-refractivity contribution < 1.29 is 9.18 Å². The van der Waals surface area contributed by atoms with E-state index in [-0.39, 0.29) is 18.1 Å². The van der Waals surface area contributed by atoms with Gasteiger partial charge < -0.3 is 4.57 Å². The molecule has 0 unspecified atom stereocenters. The van der Waals surface area contributed by atoms with E-state index >= 15 is 0 Å². The molecule has 0 aliphatic rings. The van der Waals surface area contributed by atoms with Crippen LogP contribution in [0.15, 0.2) is 30.3 Å². The van der Waals surface area contributed by atoms with Crippen molar-refractivity contribution in [1.29, 1.82) is 0 Å². The second-order valence-electron chi connectivity index (χ2n) is 6.01. The van der Waals surface area contributed by atoms with Crippen LogP contribution in [0.3, 0.4) is 0 Å². The van der Waals surface area contributed by atoms with Gasteiger partial charge in [0, 0.05) is 29.1 Å². The summed E-state index contributed by atoms with van der Waals surface area (Å²) in [6.45, 7) is 6.93. The molecule has 0 fully saturated rings. The molecule has 0 amide bonds. The summed E-state index contributed by atoms with van der Waals surface area (Å²) in [5.41, 5.74) is 3.22. The lowest BCUT2D eigenvalue weighted by atomic mass is 10.1. The third-order valence-corrected chi connectivity index (χ3v) is 4.14. The molecule has 0 saturated heterocycles. The van der Waals surface area contributed by atoms with E-state index in [4.69, 9.17) is 0 Å². The fourth-order valence-corrected chi connectivity index (χ4v) is 2.92. The fourth-order valence-electron chi connectivity index (χ4n) is 2.92. The summed E-state index contributed by atoms with van der Waals surface area (Å²) in [6, 6.07) is 7.87. The maximum atomic E-state index is 13.3. The number of nitrogens with zero attached hydrogens (tertiary/aromatic N) is 5. The van der Waals surface area contributed by atoms with Crippen molar-refractivity contribution in [2.24, 2.45) is 0 Å². The molecular formula is C18H20FN5O. The molecule has 0 spiro atoms. The van der Waals surface area contributed by atoms with Crippen LogP contribution in [-0.4, -0.2) is 30.6 Å². The lowest BCUT2D eigenvalue weighted by molar-refractivity contribution is 0.0960. The second kappa shape index (κ2) is 6.96. The molecule has 0 N–H and O–H groups in total. The van der Waals surface area contributed by atoms with Crippen LogP contribution in [0.25, 0.3) is 11.4 Å². The van der Waals surface area contributed by atoms with Gasteiger partial charge in [0.2, 0.25) is 5.82 Å². The van der Waals surface area contributed by atoms with E-state index in [0.717, 1.165) is 24.4 Å². The number of halogens is 1. The highest BCUT2D eigenvalue weighted by Gasteiger charge is 2.17. The summed E-state index contributed by atoms with van der Waals surface area (Å²) in [5.74, 6) is -0.143. The standard InChI is InChI=1S/C18H20FN5O/c1-4-8-23-12(2)9-16(13(23)3)17(25)11-24-21-18(20-22-24)14-6-5-7-15(19)10-14/h5-7,9-10H,4,8,11H2,1-3H3. The van der Waals surface area contributed by atoms with Gasteiger partial charge in [-0.3, -0.25) is 4.79 Å². The van der Waals surface area contributed by atoms with Crippen molar-refractivity contribution >= 4 is 5.78 Å². The molecule has 1 aromatic carbocycles. The zero-order chi connectivity index (χ0) is 18.0. The largest absolute Gasteiger partial charge is 0.348 e. The lowest BCUT2D eigenvalue weighted by Crippen LogP contribution is -2.14. The highest BCUT2D eigenvalue weighted by atomic mass is 19.1. The van der Waals surface area contributed by atoms with Crippen molar-refractivity contribution in [1.82, 2.24) is 24.8 Å². The number of tetrazole rings is 1. The summed E-state index contributed by atoms with van der Waals surface area (Å²) in [5, 5.41) is 12.0. The average molecular weight is 341 g/mol. The monoisotopic (exact) mass is 341 g/mol. The fraction of sp³-hybridized carbons (Fsp3) is 0.333. The number of carbonyl (C=O) groups excluding carboxylic acids is 1. The van der Waals surface area contributed by atoms with E-state index in [9.17, 15) is 9.18 Å². The highest BCUT2D eigenvalue weighted by molar-refractivity contribution is 5.97. The lowest BCUT2D eigenvalue weighted by Gasteiger charge is -2.07. The Labute approximate surface area is 145 Å². The van der Waals surface area contributed by atoms with Crippen molar-refractivity contribution in [2.45, 2.75) is 40.3 Å². The van der Waals surface area contributed by atoms with E-state index in [0.29, 0.717) is 17.0 Å². The van der Waals surface area contributed by atoms with Gasteiger partial charge in [0.25, 0.3) is 0 Å². The zero-order valence-electron chi connectivity index (χ0n) is 14.5.